The summed E-state index contributed by atoms with van der Waals surface area (Å²) in [4.78, 5) is 16.4. The number of hydrogen-bond acceptors (Lipinski definition) is 7. The van der Waals surface area contributed by atoms with E-state index in [1.165, 1.54) is 0 Å². The summed E-state index contributed by atoms with van der Waals surface area (Å²) >= 11 is 6.08. The molecule has 4 rings (SSSR count). The molecule has 1 fully saturated rings. The predicted octanol–water partition coefficient (Wildman–Crippen LogP) is 3.54. The monoisotopic (exact) mass is 468 g/mol. The lowest BCUT2D eigenvalue weighted by Crippen LogP contribution is -2.50. The molecule has 0 saturated carbocycles. The number of benzene rings is 2. The molecule has 0 aliphatic carbocycles. The van der Waals surface area contributed by atoms with E-state index in [-0.39, 0.29) is 12.5 Å². The Morgan fingerprint density at radius 3 is 2.33 bits per heavy atom. The molecular formula is C24H25ClN4O4. The number of carbonyl (C=O) groups excluding carboxylic acids is 1. The second-order valence-electron chi connectivity index (χ2n) is 7.43. The van der Waals surface area contributed by atoms with Gasteiger partial charge in [-0.05, 0) is 42.5 Å². The molecule has 0 spiro atoms. The number of amides is 1. The minimum Gasteiger partial charge on any atom is -0.493 e. The Morgan fingerprint density at radius 1 is 0.909 bits per heavy atom. The first-order valence-corrected chi connectivity index (χ1v) is 10.9. The molecule has 0 radical (unpaired) electrons. The Labute approximate surface area is 197 Å². The van der Waals surface area contributed by atoms with Crippen molar-refractivity contribution in [1.82, 2.24) is 15.1 Å². The fourth-order valence-corrected chi connectivity index (χ4v) is 3.81. The van der Waals surface area contributed by atoms with Crippen LogP contribution in [0.4, 0.5) is 5.82 Å². The molecule has 0 atom stereocenters. The zero-order chi connectivity index (χ0) is 23.2. The highest BCUT2D eigenvalue weighted by atomic mass is 35.5. The van der Waals surface area contributed by atoms with Gasteiger partial charge in [-0.15, -0.1) is 10.2 Å². The number of nitrogens with zero attached hydrogens (tertiary/aromatic N) is 4. The zero-order valence-corrected chi connectivity index (χ0v) is 19.3. The summed E-state index contributed by atoms with van der Waals surface area (Å²) in [6.45, 7) is 2.47. The van der Waals surface area contributed by atoms with Crippen molar-refractivity contribution < 1.29 is 19.0 Å². The average molecular weight is 469 g/mol. The van der Waals surface area contributed by atoms with Crippen LogP contribution in [-0.4, -0.2) is 68.0 Å². The number of methoxy groups -OCH3 is 2. The quantitative estimate of drug-likeness (QED) is 0.524. The van der Waals surface area contributed by atoms with Crippen LogP contribution in [0, 0.1) is 0 Å². The molecule has 2 heterocycles. The van der Waals surface area contributed by atoms with Crippen molar-refractivity contribution in [2.75, 3.05) is 51.9 Å². The minimum absolute atomic E-state index is 0.0381. The van der Waals surface area contributed by atoms with Gasteiger partial charge in [-0.2, -0.15) is 0 Å². The lowest BCUT2D eigenvalue weighted by atomic mass is 10.1. The highest BCUT2D eigenvalue weighted by molar-refractivity contribution is 6.32. The number of ether oxygens (including phenoxy) is 3. The smallest absolute Gasteiger partial charge is 0.260 e. The Kier molecular flexibility index (Phi) is 7.14. The first-order valence-electron chi connectivity index (χ1n) is 10.5. The van der Waals surface area contributed by atoms with E-state index in [2.05, 4.69) is 15.1 Å². The molecule has 0 bridgehead atoms. The number of rotatable bonds is 7. The van der Waals surface area contributed by atoms with Crippen molar-refractivity contribution in [2.24, 2.45) is 0 Å². The summed E-state index contributed by atoms with van der Waals surface area (Å²) in [7, 11) is 3.20. The van der Waals surface area contributed by atoms with Crippen molar-refractivity contribution in [2.45, 2.75) is 0 Å². The van der Waals surface area contributed by atoms with Crippen molar-refractivity contribution in [3.05, 3.63) is 59.6 Å². The highest BCUT2D eigenvalue weighted by Gasteiger charge is 2.23. The molecule has 1 aromatic heterocycles. The number of halogens is 1. The molecule has 172 valence electrons. The van der Waals surface area contributed by atoms with Gasteiger partial charge in [0.1, 0.15) is 5.75 Å². The van der Waals surface area contributed by atoms with Gasteiger partial charge >= 0.3 is 0 Å². The second kappa shape index (κ2) is 10.4. The first kappa shape index (κ1) is 22.7. The molecule has 1 amide bonds. The van der Waals surface area contributed by atoms with E-state index in [1.54, 1.807) is 31.3 Å². The molecule has 3 aromatic rings. The maximum Gasteiger partial charge on any atom is 0.260 e. The van der Waals surface area contributed by atoms with Crippen molar-refractivity contribution in [3.8, 4) is 28.5 Å². The Balaban J connectivity index is 1.32. The van der Waals surface area contributed by atoms with E-state index in [9.17, 15) is 4.79 Å². The lowest BCUT2D eigenvalue weighted by Gasteiger charge is -2.35. The Hall–Kier alpha value is -3.52. The number of hydrogen-bond donors (Lipinski definition) is 0. The van der Waals surface area contributed by atoms with E-state index < -0.39 is 0 Å². The minimum atomic E-state index is -0.0653. The fraction of sp³-hybridized carbons (Fsp3) is 0.292. The Morgan fingerprint density at radius 2 is 1.67 bits per heavy atom. The topological polar surface area (TPSA) is 77.0 Å². The average Bonchev–Trinajstić information content (AvgIpc) is 2.88. The lowest BCUT2D eigenvalue weighted by molar-refractivity contribution is -0.133. The fourth-order valence-electron chi connectivity index (χ4n) is 3.62. The van der Waals surface area contributed by atoms with Crippen LogP contribution in [0.1, 0.15) is 0 Å². The molecule has 8 nitrogen and oxygen atoms in total. The van der Waals surface area contributed by atoms with Crippen LogP contribution in [0.2, 0.25) is 5.02 Å². The highest BCUT2D eigenvalue weighted by Crippen LogP contribution is 2.31. The van der Waals surface area contributed by atoms with Crippen LogP contribution < -0.4 is 19.1 Å². The number of para-hydroxylation sites is 1. The Bertz CT molecular complexity index is 1100. The third-order valence-electron chi connectivity index (χ3n) is 5.47. The molecule has 0 unspecified atom stereocenters. The summed E-state index contributed by atoms with van der Waals surface area (Å²) in [5.41, 5.74) is 1.63. The van der Waals surface area contributed by atoms with E-state index in [0.29, 0.717) is 48.5 Å². The number of carbonyl (C=O) groups is 1. The largest absolute Gasteiger partial charge is 0.493 e. The molecular weight excluding hydrogens is 444 g/mol. The first-order chi connectivity index (χ1) is 16.1. The van der Waals surface area contributed by atoms with Gasteiger partial charge in [-0.25, -0.2) is 0 Å². The predicted molar refractivity (Wildman–Crippen MR) is 126 cm³/mol. The zero-order valence-electron chi connectivity index (χ0n) is 18.5. The second-order valence-corrected chi connectivity index (χ2v) is 7.84. The molecule has 1 saturated heterocycles. The van der Waals surface area contributed by atoms with Crippen LogP contribution in [0.25, 0.3) is 11.3 Å². The SMILES string of the molecule is COc1ccc(-c2ccc(N3CCN(C(=O)COc4ccccc4Cl)CC3)nn2)cc1OC. The number of piperazine rings is 1. The molecule has 33 heavy (non-hydrogen) atoms. The summed E-state index contributed by atoms with van der Waals surface area (Å²) in [6.07, 6.45) is 0. The van der Waals surface area contributed by atoms with Crippen LogP contribution in [0.15, 0.2) is 54.6 Å². The van der Waals surface area contributed by atoms with Crippen LogP contribution in [0.3, 0.4) is 0 Å². The standard InChI is InChI=1S/C24H25ClN4O4/c1-31-21-9-7-17(15-22(21)32-2)19-8-10-23(27-26-19)28-11-13-29(14-12-28)24(30)16-33-20-6-4-3-5-18(20)25/h3-10,15H,11-14,16H2,1-2H3. The van der Waals surface area contributed by atoms with Crippen molar-refractivity contribution in [3.63, 3.8) is 0 Å². The number of anilines is 1. The van der Waals surface area contributed by atoms with Gasteiger partial charge in [0, 0.05) is 31.7 Å². The third kappa shape index (κ3) is 5.28. The molecule has 2 aromatic carbocycles. The van der Waals surface area contributed by atoms with E-state index in [0.717, 1.165) is 17.1 Å². The molecule has 9 heteroatoms. The van der Waals surface area contributed by atoms with Gasteiger partial charge in [0.05, 0.1) is 24.9 Å². The van der Waals surface area contributed by atoms with Crippen molar-refractivity contribution in [1.29, 1.82) is 0 Å². The van der Waals surface area contributed by atoms with Gasteiger partial charge in [0.15, 0.2) is 23.9 Å². The summed E-state index contributed by atoms with van der Waals surface area (Å²) < 4.78 is 16.2. The normalized spacial score (nSPS) is 13.5. The molecule has 1 aliphatic rings. The third-order valence-corrected chi connectivity index (χ3v) is 5.79. The van der Waals surface area contributed by atoms with Gasteiger partial charge in [-0.1, -0.05) is 23.7 Å². The molecule has 1 aliphatic heterocycles. The van der Waals surface area contributed by atoms with Crippen molar-refractivity contribution >= 4 is 23.3 Å². The van der Waals surface area contributed by atoms with Crippen LogP contribution in [-0.2, 0) is 4.79 Å². The van der Waals surface area contributed by atoms with E-state index in [4.69, 9.17) is 25.8 Å². The van der Waals surface area contributed by atoms with Gasteiger partial charge < -0.3 is 24.0 Å². The molecule has 0 N–H and O–H groups in total. The van der Waals surface area contributed by atoms with E-state index in [1.807, 2.05) is 42.5 Å². The van der Waals surface area contributed by atoms with Crippen LogP contribution in [0.5, 0.6) is 17.2 Å². The maximum atomic E-state index is 12.5. The van der Waals surface area contributed by atoms with Gasteiger partial charge in [-0.3, -0.25) is 4.79 Å². The summed E-state index contributed by atoms with van der Waals surface area (Å²) in [5, 5.41) is 9.26. The van der Waals surface area contributed by atoms with Gasteiger partial charge in [0.2, 0.25) is 0 Å². The maximum absolute atomic E-state index is 12.5. The van der Waals surface area contributed by atoms with Crippen LogP contribution >= 0.6 is 11.6 Å². The summed E-state index contributed by atoms with van der Waals surface area (Å²) in [5.74, 6) is 2.52. The van der Waals surface area contributed by atoms with Gasteiger partial charge in [0.25, 0.3) is 5.91 Å². The number of aromatic nitrogens is 2. The summed E-state index contributed by atoms with van der Waals surface area (Å²) in [6, 6.07) is 16.6. The van der Waals surface area contributed by atoms with E-state index >= 15 is 0 Å².